The molecule has 3 aromatic rings. The Labute approximate surface area is 191 Å². The van der Waals surface area contributed by atoms with Gasteiger partial charge in [-0.25, -0.2) is 0 Å². The predicted octanol–water partition coefficient (Wildman–Crippen LogP) is 4.72. The van der Waals surface area contributed by atoms with Crippen LogP contribution < -0.4 is 24.8 Å². The predicted molar refractivity (Wildman–Crippen MR) is 116 cm³/mol. The Kier molecular flexibility index (Phi) is 6.39. The van der Waals surface area contributed by atoms with Crippen molar-refractivity contribution in [1.29, 1.82) is 0 Å². The minimum atomic E-state index is -4.83. The Balaban J connectivity index is 1.56. The molecule has 1 aliphatic heterocycles. The third-order valence-electron chi connectivity index (χ3n) is 4.58. The average molecular weight is 470 g/mol. The molecule has 2 N–H and O–H groups in total. The van der Waals surface area contributed by atoms with E-state index in [2.05, 4.69) is 15.4 Å². The molecule has 1 heterocycles. The maximum atomic E-state index is 13.0. The molecule has 174 valence electrons. The highest BCUT2D eigenvalue weighted by Gasteiger charge is 2.31. The summed E-state index contributed by atoms with van der Waals surface area (Å²) in [5.74, 6) is -0.595. The summed E-state index contributed by atoms with van der Waals surface area (Å²) in [5, 5.41) is 5.12. The van der Waals surface area contributed by atoms with Gasteiger partial charge < -0.3 is 24.8 Å². The Bertz CT molecular complexity index is 1230. The topological polar surface area (TPSA) is 85.9 Å². The fourth-order valence-electron chi connectivity index (χ4n) is 3.05. The van der Waals surface area contributed by atoms with Crippen LogP contribution in [0.3, 0.4) is 0 Å². The number of amides is 2. The van der Waals surface area contributed by atoms with Gasteiger partial charge in [-0.2, -0.15) is 0 Å². The van der Waals surface area contributed by atoms with Crippen molar-refractivity contribution in [2.45, 2.75) is 6.36 Å². The fraction of sp³-hybridized carbons (Fsp3) is 0.0833. The summed E-state index contributed by atoms with van der Waals surface area (Å²) >= 11 is 0. The highest BCUT2D eigenvalue weighted by Crippen LogP contribution is 2.33. The van der Waals surface area contributed by atoms with Crippen LogP contribution in [0.4, 0.5) is 18.9 Å². The highest BCUT2D eigenvalue weighted by atomic mass is 19.4. The zero-order valence-corrected chi connectivity index (χ0v) is 17.4. The fourth-order valence-corrected chi connectivity index (χ4v) is 3.05. The first-order chi connectivity index (χ1) is 16.3. The lowest BCUT2D eigenvalue weighted by Gasteiger charge is -2.13. The van der Waals surface area contributed by atoms with Crippen molar-refractivity contribution in [3.05, 3.63) is 89.6 Å². The van der Waals surface area contributed by atoms with Crippen LogP contribution in [0.1, 0.15) is 15.9 Å². The molecule has 3 aromatic carbocycles. The summed E-state index contributed by atoms with van der Waals surface area (Å²) in [6.45, 7) is 0.0780. The molecule has 0 aromatic heterocycles. The molecule has 34 heavy (non-hydrogen) atoms. The molecule has 0 unspecified atom stereocenters. The molecule has 0 bridgehead atoms. The van der Waals surface area contributed by atoms with E-state index in [0.29, 0.717) is 22.6 Å². The van der Waals surface area contributed by atoms with Crippen LogP contribution in [0.2, 0.25) is 0 Å². The molecule has 10 heteroatoms. The lowest BCUT2D eigenvalue weighted by Crippen LogP contribution is -2.30. The number of carbonyl (C=O) groups excluding carboxylic acids is 2. The molecule has 0 fully saturated rings. The van der Waals surface area contributed by atoms with Crippen molar-refractivity contribution >= 4 is 23.6 Å². The molecule has 1 aliphatic rings. The number of anilines is 1. The second kappa shape index (κ2) is 9.57. The third-order valence-corrected chi connectivity index (χ3v) is 4.58. The molecule has 2 amide bonds. The molecular formula is C24H17F3N2O5. The van der Waals surface area contributed by atoms with Crippen LogP contribution in [0.15, 0.2) is 78.5 Å². The smallest absolute Gasteiger partial charge is 0.454 e. The van der Waals surface area contributed by atoms with Crippen molar-refractivity contribution < 1.29 is 37.0 Å². The largest absolute Gasteiger partial charge is 0.573 e. The van der Waals surface area contributed by atoms with Crippen molar-refractivity contribution in [3.63, 3.8) is 0 Å². The van der Waals surface area contributed by atoms with Crippen molar-refractivity contribution in [2.75, 3.05) is 12.1 Å². The number of rotatable bonds is 6. The molecule has 0 aliphatic carbocycles. The minimum Gasteiger partial charge on any atom is -0.454 e. The van der Waals surface area contributed by atoms with Gasteiger partial charge in [0.05, 0.1) is 0 Å². The van der Waals surface area contributed by atoms with E-state index in [1.54, 1.807) is 48.5 Å². The van der Waals surface area contributed by atoms with Crippen LogP contribution in [0, 0.1) is 0 Å². The lowest BCUT2D eigenvalue weighted by atomic mass is 10.1. The maximum Gasteiger partial charge on any atom is 0.573 e. The van der Waals surface area contributed by atoms with Crippen molar-refractivity contribution in [2.24, 2.45) is 0 Å². The molecule has 0 saturated carbocycles. The van der Waals surface area contributed by atoms with E-state index in [4.69, 9.17) is 9.47 Å². The van der Waals surface area contributed by atoms with E-state index in [1.165, 1.54) is 18.2 Å². The summed E-state index contributed by atoms with van der Waals surface area (Å²) in [6.07, 6.45) is -3.38. The highest BCUT2D eigenvalue weighted by molar-refractivity contribution is 6.10. The number of alkyl halides is 3. The standard InChI is InChI=1S/C24H17F3N2O5/c25-24(26,27)34-18-9-7-17(8-10-18)28-23(31)19(29-22(30)16-4-2-1-3-5-16)12-15-6-11-20-21(13-15)33-14-32-20/h1-13H,14H2,(H,28,31)(H,29,30)/b19-12-. The van der Waals surface area contributed by atoms with Crippen molar-refractivity contribution in [1.82, 2.24) is 5.32 Å². The van der Waals surface area contributed by atoms with Gasteiger partial charge in [0.15, 0.2) is 11.5 Å². The van der Waals surface area contributed by atoms with E-state index in [1.807, 2.05) is 0 Å². The van der Waals surface area contributed by atoms with E-state index < -0.39 is 23.9 Å². The number of ether oxygens (including phenoxy) is 3. The zero-order valence-electron chi connectivity index (χ0n) is 17.4. The molecular weight excluding hydrogens is 453 g/mol. The van der Waals surface area contributed by atoms with Crippen molar-refractivity contribution in [3.8, 4) is 17.2 Å². The van der Waals surface area contributed by atoms with Gasteiger partial charge in [-0.15, -0.1) is 13.2 Å². The number of fused-ring (bicyclic) bond motifs is 1. The molecule has 0 spiro atoms. The summed E-state index contributed by atoms with van der Waals surface area (Å²) in [5.41, 5.74) is 0.991. The number of benzene rings is 3. The van der Waals surface area contributed by atoms with E-state index in [-0.39, 0.29) is 18.2 Å². The summed E-state index contributed by atoms with van der Waals surface area (Å²) < 4.78 is 51.5. The summed E-state index contributed by atoms with van der Waals surface area (Å²) in [6, 6.07) is 17.9. The lowest BCUT2D eigenvalue weighted by molar-refractivity contribution is -0.274. The van der Waals surface area contributed by atoms with Gasteiger partial charge >= 0.3 is 6.36 Å². The Morgan fingerprint density at radius 1 is 0.912 bits per heavy atom. The van der Waals surface area contributed by atoms with Gasteiger partial charge in [0.1, 0.15) is 11.4 Å². The van der Waals surface area contributed by atoms with E-state index in [9.17, 15) is 22.8 Å². The molecule has 4 rings (SSSR count). The Morgan fingerprint density at radius 3 is 2.32 bits per heavy atom. The van der Waals surface area contributed by atoms with Gasteiger partial charge in [0.2, 0.25) is 6.79 Å². The first kappa shape index (κ1) is 22.7. The van der Waals surface area contributed by atoms with Gasteiger partial charge in [-0.3, -0.25) is 9.59 Å². The average Bonchev–Trinajstić information content (AvgIpc) is 3.27. The molecule has 7 nitrogen and oxygen atoms in total. The zero-order chi connectivity index (χ0) is 24.1. The molecule has 0 saturated heterocycles. The number of halogens is 3. The number of carbonyl (C=O) groups is 2. The maximum absolute atomic E-state index is 13.0. The van der Waals surface area contributed by atoms with Gasteiger partial charge in [0.25, 0.3) is 11.8 Å². The van der Waals surface area contributed by atoms with Gasteiger partial charge in [-0.1, -0.05) is 24.3 Å². The number of hydrogen-bond acceptors (Lipinski definition) is 5. The van der Waals surface area contributed by atoms with Crippen LogP contribution in [-0.2, 0) is 4.79 Å². The van der Waals surface area contributed by atoms with E-state index in [0.717, 1.165) is 12.1 Å². The summed E-state index contributed by atoms with van der Waals surface area (Å²) in [7, 11) is 0. The van der Waals surface area contributed by atoms with E-state index >= 15 is 0 Å². The summed E-state index contributed by atoms with van der Waals surface area (Å²) in [4.78, 5) is 25.6. The van der Waals surface area contributed by atoms with Crippen LogP contribution in [0.25, 0.3) is 6.08 Å². The van der Waals surface area contributed by atoms with Gasteiger partial charge in [0, 0.05) is 11.3 Å². The normalized spacial score (nSPS) is 12.7. The third kappa shape index (κ3) is 5.85. The molecule has 0 atom stereocenters. The number of hydrogen-bond donors (Lipinski definition) is 2. The van der Waals surface area contributed by atoms with Crippen LogP contribution in [0.5, 0.6) is 17.2 Å². The first-order valence-electron chi connectivity index (χ1n) is 9.92. The molecule has 0 radical (unpaired) electrons. The SMILES string of the molecule is O=C(Nc1ccc(OC(F)(F)F)cc1)/C(=C/c1ccc2c(c1)OCO2)NC(=O)c1ccccc1. The quantitative estimate of drug-likeness (QED) is 0.509. The van der Waals surface area contributed by atoms with Gasteiger partial charge in [-0.05, 0) is 60.2 Å². The van der Waals surface area contributed by atoms with Crippen LogP contribution in [-0.4, -0.2) is 25.0 Å². The Morgan fingerprint density at radius 2 is 1.62 bits per heavy atom. The van der Waals surface area contributed by atoms with Crippen LogP contribution >= 0.6 is 0 Å². The second-order valence-corrected chi connectivity index (χ2v) is 7.02. The minimum absolute atomic E-state index is 0.0780. The monoisotopic (exact) mass is 470 g/mol. The Hall–Kier alpha value is -4.47. The second-order valence-electron chi connectivity index (χ2n) is 7.02. The first-order valence-corrected chi connectivity index (χ1v) is 9.92. The number of nitrogens with one attached hydrogen (secondary N) is 2.